The van der Waals surface area contributed by atoms with Crippen LogP contribution in [0.1, 0.15) is 39.2 Å². The van der Waals surface area contributed by atoms with Crippen molar-refractivity contribution in [2.24, 2.45) is 5.92 Å². The van der Waals surface area contributed by atoms with Gasteiger partial charge in [0, 0.05) is 12.6 Å². The molecule has 0 heterocycles. The van der Waals surface area contributed by atoms with Gasteiger partial charge >= 0.3 is 0 Å². The molecule has 124 valence electrons. The Hall–Kier alpha value is -1.39. The van der Waals surface area contributed by atoms with Crippen molar-refractivity contribution < 1.29 is 9.90 Å². The number of carbonyl (C=O) groups is 1. The lowest BCUT2D eigenvalue weighted by Crippen LogP contribution is -2.44. The summed E-state index contributed by atoms with van der Waals surface area (Å²) in [7, 11) is 4.00. The molecule has 2 N–H and O–H groups in total. The third-order valence-electron chi connectivity index (χ3n) is 3.61. The van der Waals surface area contributed by atoms with Crippen molar-refractivity contribution >= 4 is 5.91 Å². The van der Waals surface area contributed by atoms with Crippen molar-refractivity contribution in [1.29, 1.82) is 0 Å². The van der Waals surface area contributed by atoms with Crippen LogP contribution in [0.3, 0.4) is 0 Å². The highest BCUT2D eigenvalue weighted by atomic mass is 16.3. The van der Waals surface area contributed by atoms with Gasteiger partial charge in [0.1, 0.15) is 0 Å². The van der Waals surface area contributed by atoms with E-state index in [4.69, 9.17) is 0 Å². The fourth-order valence-corrected chi connectivity index (χ4v) is 2.68. The highest BCUT2D eigenvalue weighted by molar-refractivity contribution is 5.77. The predicted molar refractivity (Wildman–Crippen MR) is 90.6 cm³/mol. The van der Waals surface area contributed by atoms with Gasteiger partial charge in [0.15, 0.2) is 0 Å². The minimum absolute atomic E-state index is 0.0685. The number of nitrogens with one attached hydrogen (secondary N) is 1. The van der Waals surface area contributed by atoms with Gasteiger partial charge in [0.05, 0.1) is 12.0 Å². The number of likely N-dealkylation sites (N-methyl/N-ethyl adjacent to an activating group) is 1. The van der Waals surface area contributed by atoms with Crippen molar-refractivity contribution in [2.45, 2.75) is 45.3 Å². The number of nitrogens with zero attached hydrogens (tertiary/aromatic N) is 1. The first kappa shape index (κ1) is 18.7. The summed E-state index contributed by atoms with van der Waals surface area (Å²) in [5.41, 5.74) is -0.385. The molecule has 22 heavy (non-hydrogen) atoms. The van der Waals surface area contributed by atoms with Crippen molar-refractivity contribution in [1.82, 2.24) is 10.2 Å². The van der Waals surface area contributed by atoms with Crippen LogP contribution in [0.5, 0.6) is 0 Å². The second-order valence-electron chi connectivity index (χ2n) is 6.97. The molecule has 0 radical (unpaired) electrons. The number of aliphatic hydroxyl groups is 1. The molecule has 1 aromatic carbocycles. The molecule has 0 fully saturated rings. The van der Waals surface area contributed by atoms with Gasteiger partial charge in [-0.15, -0.1) is 0 Å². The minimum Gasteiger partial charge on any atom is -0.385 e. The van der Waals surface area contributed by atoms with Crippen LogP contribution in [0.15, 0.2) is 30.3 Å². The van der Waals surface area contributed by atoms with Crippen molar-refractivity contribution in [2.75, 3.05) is 20.6 Å². The van der Waals surface area contributed by atoms with Crippen molar-refractivity contribution in [3.05, 3.63) is 35.9 Å². The summed E-state index contributed by atoms with van der Waals surface area (Å²) in [6.07, 6.45) is 0.996. The highest BCUT2D eigenvalue weighted by Gasteiger charge is 2.27. The van der Waals surface area contributed by atoms with Crippen LogP contribution in [0.25, 0.3) is 0 Å². The molecule has 2 unspecified atom stereocenters. The zero-order valence-corrected chi connectivity index (χ0v) is 14.5. The van der Waals surface area contributed by atoms with Gasteiger partial charge in [-0.3, -0.25) is 4.79 Å². The molecule has 0 aliphatic carbocycles. The van der Waals surface area contributed by atoms with E-state index in [-0.39, 0.29) is 18.4 Å². The molecule has 0 aromatic heterocycles. The Bertz CT molecular complexity index is 445. The van der Waals surface area contributed by atoms with Gasteiger partial charge in [-0.05, 0) is 38.9 Å². The zero-order valence-electron chi connectivity index (χ0n) is 14.5. The maximum Gasteiger partial charge on any atom is 0.223 e. The first-order chi connectivity index (χ1) is 10.2. The fourth-order valence-electron chi connectivity index (χ4n) is 2.68. The monoisotopic (exact) mass is 306 g/mol. The van der Waals surface area contributed by atoms with Crippen LogP contribution < -0.4 is 5.32 Å². The van der Waals surface area contributed by atoms with Gasteiger partial charge in [-0.1, -0.05) is 44.2 Å². The zero-order chi connectivity index (χ0) is 16.8. The van der Waals surface area contributed by atoms with E-state index in [0.29, 0.717) is 5.92 Å². The van der Waals surface area contributed by atoms with E-state index in [9.17, 15) is 9.90 Å². The molecule has 4 nitrogen and oxygen atoms in total. The Morgan fingerprint density at radius 1 is 1.27 bits per heavy atom. The topological polar surface area (TPSA) is 52.6 Å². The van der Waals surface area contributed by atoms with Gasteiger partial charge in [0.25, 0.3) is 0 Å². The summed E-state index contributed by atoms with van der Waals surface area (Å²) >= 11 is 0. The summed E-state index contributed by atoms with van der Waals surface area (Å²) in [5.74, 6) is 0.404. The van der Waals surface area contributed by atoms with Crippen LogP contribution >= 0.6 is 0 Å². The number of benzene rings is 1. The van der Waals surface area contributed by atoms with Gasteiger partial charge in [-0.25, -0.2) is 0 Å². The minimum atomic E-state index is -1.15. The molecule has 4 heteroatoms. The normalized spacial score (nSPS) is 15.6. The number of rotatable bonds is 8. The maximum atomic E-state index is 12.3. The maximum absolute atomic E-state index is 12.3. The highest BCUT2D eigenvalue weighted by Crippen LogP contribution is 2.24. The van der Waals surface area contributed by atoms with Gasteiger partial charge < -0.3 is 15.3 Å². The lowest BCUT2D eigenvalue weighted by Gasteiger charge is -2.27. The molecule has 0 bridgehead atoms. The van der Waals surface area contributed by atoms with E-state index in [0.717, 1.165) is 18.5 Å². The van der Waals surface area contributed by atoms with E-state index >= 15 is 0 Å². The van der Waals surface area contributed by atoms with Gasteiger partial charge in [0.2, 0.25) is 5.91 Å². The molecule has 2 atom stereocenters. The Labute approximate surface area is 134 Å². The first-order valence-corrected chi connectivity index (χ1v) is 7.92. The van der Waals surface area contributed by atoms with Crippen LogP contribution in [-0.2, 0) is 10.4 Å². The fraction of sp³-hybridized carbons (Fsp3) is 0.611. The second-order valence-corrected chi connectivity index (χ2v) is 6.97. The molecular weight excluding hydrogens is 276 g/mol. The molecular formula is C18H30N2O2. The van der Waals surface area contributed by atoms with E-state index in [1.54, 1.807) is 6.92 Å². The molecule has 0 aliphatic heterocycles. The summed E-state index contributed by atoms with van der Waals surface area (Å²) in [5, 5.41) is 13.6. The second kappa shape index (κ2) is 8.30. The number of amides is 1. The van der Waals surface area contributed by atoms with E-state index in [2.05, 4.69) is 24.1 Å². The Morgan fingerprint density at radius 2 is 1.86 bits per heavy atom. The molecule has 1 rings (SSSR count). The lowest BCUT2D eigenvalue weighted by molar-refractivity contribution is -0.126. The molecule has 0 saturated heterocycles. The summed E-state index contributed by atoms with van der Waals surface area (Å²) in [6.45, 7) is 6.78. The van der Waals surface area contributed by atoms with E-state index in [1.165, 1.54) is 0 Å². The largest absolute Gasteiger partial charge is 0.385 e. The summed E-state index contributed by atoms with van der Waals surface area (Å²) in [6, 6.07) is 9.44. The lowest BCUT2D eigenvalue weighted by atomic mass is 9.92. The smallest absolute Gasteiger partial charge is 0.223 e. The average molecular weight is 306 g/mol. The van der Waals surface area contributed by atoms with Crippen LogP contribution in [0.2, 0.25) is 0 Å². The van der Waals surface area contributed by atoms with Crippen LogP contribution in [-0.4, -0.2) is 42.6 Å². The standard InChI is InChI=1S/C18H30N2O2/c1-14(2)11-16(13-20(4)5)19-17(21)12-18(3,22)15-9-7-6-8-10-15/h6-10,14,16,22H,11-13H2,1-5H3,(H,19,21). The van der Waals surface area contributed by atoms with Gasteiger partial charge in [-0.2, -0.15) is 0 Å². The molecule has 0 aliphatic rings. The Kier molecular flexibility index (Phi) is 7.04. The Balaban J connectivity index is 2.66. The average Bonchev–Trinajstić information content (AvgIpc) is 2.37. The molecule has 1 aromatic rings. The van der Waals surface area contributed by atoms with E-state index in [1.807, 2.05) is 44.4 Å². The Morgan fingerprint density at radius 3 is 2.36 bits per heavy atom. The number of hydrogen-bond acceptors (Lipinski definition) is 3. The molecule has 0 saturated carbocycles. The van der Waals surface area contributed by atoms with Crippen molar-refractivity contribution in [3.63, 3.8) is 0 Å². The predicted octanol–water partition coefficient (Wildman–Crippen LogP) is 2.38. The molecule has 1 amide bonds. The van der Waals surface area contributed by atoms with Crippen LogP contribution in [0.4, 0.5) is 0 Å². The third kappa shape index (κ3) is 6.58. The van der Waals surface area contributed by atoms with Crippen LogP contribution in [0, 0.1) is 5.92 Å². The SMILES string of the molecule is CC(C)CC(CN(C)C)NC(=O)CC(C)(O)c1ccccc1. The van der Waals surface area contributed by atoms with E-state index < -0.39 is 5.60 Å². The summed E-state index contributed by atoms with van der Waals surface area (Å²) < 4.78 is 0. The molecule has 0 spiro atoms. The quantitative estimate of drug-likeness (QED) is 0.775. The summed E-state index contributed by atoms with van der Waals surface area (Å²) in [4.78, 5) is 14.4. The van der Waals surface area contributed by atoms with Crippen molar-refractivity contribution in [3.8, 4) is 0 Å². The number of carbonyl (C=O) groups excluding carboxylic acids is 1. The first-order valence-electron chi connectivity index (χ1n) is 7.92. The third-order valence-corrected chi connectivity index (χ3v) is 3.61. The number of hydrogen-bond donors (Lipinski definition) is 2.